The molecule has 0 aromatic carbocycles. The van der Waals surface area contributed by atoms with Crippen molar-refractivity contribution in [2.45, 2.75) is 18.8 Å². The SMILES string of the molecule is OCCN1CCC[C@H](c2cccc(Nc3ncccn3)n2)C1. The zero-order chi connectivity index (χ0) is 15.2. The number of likely N-dealkylation sites (tertiary alicyclic amines) is 1. The normalized spacial score (nSPS) is 19.0. The molecule has 6 nitrogen and oxygen atoms in total. The molecule has 1 fully saturated rings. The molecule has 3 rings (SSSR count). The number of anilines is 2. The summed E-state index contributed by atoms with van der Waals surface area (Å²) in [6.07, 6.45) is 5.69. The predicted molar refractivity (Wildman–Crippen MR) is 85.1 cm³/mol. The summed E-state index contributed by atoms with van der Waals surface area (Å²) in [4.78, 5) is 15.3. The molecule has 1 saturated heterocycles. The van der Waals surface area contributed by atoms with Crippen LogP contribution in [0.3, 0.4) is 0 Å². The molecule has 2 aromatic rings. The standard InChI is InChI=1S/C16H21N5O/c22-11-10-21-9-2-4-13(12-21)14-5-1-6-15(19-14)20-16-17-7-3-8-18-16/h1,3,5-8,13,22H,2,4,9-12H2,(H,17,18,19,20)/t13-/m0/s1. The fourth-order valence-electron chi connectivity index (χ4n) is 2.87. The van der Waals surface area contributed by atoms with E-state index in [1.54, 1.807) is 18.5 Å². The maximum atomic E-state index is 9.10. The van der Waals surface area contributed by atoms with Crippen molar-refractivity contribution in [1.29, 1.82) is 0 Å². The predicted octanol–water partition coefficient (Wildman–Crippen LogP) is 1.79. The number of aromatic nitrogens is 3. The molecule has 1 aliphatic rings. The first-order chi connectivity index (χ1) is 10.8. The molecule has 6 heteroatoms. The van der Waals surface area contributed by atoms with Crippen molar-refractivity contribution >= 4 is 11.8 Å². The van der Waals surface area contributed by atoms with E-state index in [9.17, 15) is 0 Å². The Morgan fingerprint density at radius 3 is 2.91 bits per heavy atom. The van der Waals surface area contributed by atoms with E-state index in [4.69, 9.17) is 10.1 Å². The highest BCUT2D eigenvalue weighted by Gasteiger charge is 2.22. The lowest BCUT2D eigenvalue weighted by Crippen LogP contribution is -2.36. The third-order valence-corrected chi connectivity index (χ3v) is 3.92. The van der Waals surface area contributed by atoms with E-state index in [-0.39, 0.29) is 6.61 Å². The van der Waals surface area contributed by atoms with Gasteiger partial charge in [0.15, 0.2) is 0 Å². The molecule has 22 heavy (non-hydrogen) atoms. The Morgan fingerprint density at radius 1 is 1.23 bits per heavy atom. The Hall–Kier alpha value is -2.05. The number of rotatable bonds is 5. The summed E-state index contributed by atoms with van der Waals surface area (Å²) in [5.74, 6) is 1.74. The molecule has 0 bridgehead atoms. The van der Waals surface area contributed by atoms with Gasteiger partial charge in [0, 0.05) is 37.1 Å². The fraction of sp³-hybridized carbons (Fsp3) is 0.438. The van der Waals surface area contributed by atoms with Crippen molar-refractivity contribution in [1.82, 2.24) is 19.9 Å². The molecule has 1 aliphatic heterocycles. The van der Waals surface area contributed by atoms with Crippen LogP contribution in [0.2, 0.25) is 0 Å². The summed E-state index contributed by atoms with van der Waals surface area (Å²) in [7, 11) is 0. The van der Waals surface area contributed by atoms with Crippen LogP contribution in [0.4, 0.5) is 11.8 Å². The largest absolute Gasteiger partial charge is 0.395 e. The highest BCUT2D eigenvalue weighted by molar-refractivity contribution is 5.47. The van der Waals surface area contributed by atoms with Crippen molar-refractivity contribution in [3.05, 3.63) is 42.4 Å². The average Bonchev–Trinajstić information content (AvgIpc) is 2.57. The van der Waals surface area contributed by atoms with E-state index in [0.717, 1.165) is 44.0 Å². The van der Waals surface area contributed by atoms with Crippen molar-refractivity contribution in [3.8, 4) is 0 Å². The lowest BCUT2D eigenvalue weighted by molar-refractivity contribution is 0.160. The number of β-amino-alcohol motifs (C(OH)–C–C–N with tert-alkyl or cyclic N) is 1. The van der Waals surface area contributed by atoms with E-state index < -0.39 is 0 Å². The molecule has 0 radical (unpaired) electrons. The number of aliphatic hydroxyl groups is 1. The molecule has 0 saturated carbocycles. The minimum atomic E-state index is 0.215. The number of pyridine rings is 1. The number of nitrogens with zero attached hydrogens (tertiary/aromatic N) is 4. The molecule has 0 spiro atoms. The number of aliphatic hydroxyl groups excluding tert-OH is 1. The molecule has 116 valence electrons. The monoisotopic (exact) mass is 299 g/mol. The van der Waals surface area contributed by atoms with Gasteiger partial charge in [0.2, 0.25) is 5.95 Å². The quantitative estimate of drug-likeness (QED) is 0.877. The van der Waals surface area contributed by atoms with Crippen molar-refractivity contribution in [2.75, 3.05) is 31.6 Å². The van der Waals surface area contributed by atoms with Gasteiger partial charge in [0.05, 0.1) is 6.61 Å². The van der Waals surface area contributed by atoms with Crippen LogP contribution < -0.4 is 5.32 Å². The Balaban J connectivity index is 1.70. The van der Waals surface area contributed by atoms with Crippen LogP contribution in [0.15, 0.2) is 36.7 Å². The smallest absolute Gasteiger partial charge is 0.228 e. The van der Waals surface area contributed by atoms with Gasteiger partial charge in [-0.3, -0.25) is 0 Å². The van der Waals surface area contributed by atoms with Crippen LogP contribution in [-0.4, -0.2) is 51.2 Å². The maximum absolute atomic E-state index is 9.10. The van der Waals surface area contributed by atoms with E-state index in [1.807, 2.05) is 12.1 Å². The fourth-order valence-corrected chi connectivity index (χ4v) is 2.87. The van der Waals surface area contributed by atoms with Gasteiger partial charge >= 0.3 is 0 Å². The van der Waals surface area contributed by atoms with Gasteiger partial charge in [-0.15, -0.1) is 0 Å². The van der Waals surface area contributed by atoms with Crippen LogP contribution in [0.5, 0.6) is 0 Å². The topological polar surface area (TPSA) is 74.2 Å². The van der Waals surface area contributed by atoms with Gasteiger partial charge in [-0.2, -0.15) is 0 Å². The molecular formula is C16H21N5O. The number of piperidine rings is 1. The van der Waals surface area contributed by atoms with Crippen LogP contribution in [0.1, 0.15) is 24.5 Å². The van der Waals surface area contributed by atoms with E-state index in [0.29, 0.717) is 11.9 Å². The zero-order valence-corrected chi connectivity index (χ0v) is 12.5. The number of hydrogen-bond donors (Lipinski definition) is 2. The summed E-state index contributed by atoms with van der Waals surface area (Å²) in [6.45, 7) is 2.98. The van der Waals surface area contributed by atoms with Crippen molar-refractivity contribution in [2.24, 2.45) is 0 Å². The van der Waals surface area contributed by atoms with Crippen LogP contribution in [-0.2, 0) is 0 Å². The lowest BCUT2D eigenvalue weighted by atomic mass is 9.94. The minimum absolute atomic E-state index is 0.215. The van der Waals surface area contributed by atoms with Crippen molar-refractivity contribution < 1.29 is 5.11 Å². The molecule has 0 unspecified atom stereocenters. The minimum Gasteiger partial charge on any atom is -0.395 e. The Bertz CT molecular complexity index is 590. The average molecular weight is 299 g/mol. The first kappa shape index (κ1) is 14.9. The molecule has 3 heterocycles. The Kier molecular flexibility index (Phi) is 4.92. The van der Waals surface area contributed by atoms with Crippen molar-refractivity contribution in [3.63, 3.8) is 0 Å². The molecule has 1 atom stereocenters. The van der Waals surface area contributed by atoms with Gasteiger partial charge < -0.3 is 15.3 Å². The summed E-state index contributed by atoms with van der Waals surface area (Å²) < 4.78 is 0. The van der Waals surface area contributed by atoms with E-state index in [2.05, 4.69) is 26.3 Å². The highest BCUT2D eigenvalue weighted by atomic mass is 16.3. The summed E-state index contributed by atoms with van der Waals surface area (Å²) in [5, 5.41) is 12.2. The second-order valence-corrected chi connectivity index (χ2v) is 5.51. The second-order valence-electron chi connectivity index (χ2n) is 5.51. The molecule has 2 aromatic heterocycles. The maximum Gasteiger partial charge on any atom is 0.228 e. The summed E-state index contributed by atoms with van der Waals surface area (Å²) >= 11 is 0. The van der Waals surface area contributed by atoms with Crippen LogP contribution >= 0.6 is 0 Å². The Morgan fingerprint density at radius 2 is 2.09 bits per heavy atom. The first-order valence-electron chi connectivity index (χ1n) is 7.69. The van der Waals surface area contributed by atoms with E-state index >= 15 is 0 Å². The highest BCUT2D eigenvalue weighted by Crippen LogP contribution is 2.26. The Labute approximate surface area is 130 Å². The van der Waals surface area contributed by atoms with Crippen LogP contribution in [0, 0.1) is 0 Å². The van der Waals surface area contributed by atoms with Crippen LogP contribution in [0.25, 0.3) is 0 Å². The first-order valence-corrected chi connectivity index (χ1v) is 7.69. The van der Waals surface area contributed by atoms with Gasteiger partial charge in [0.25, 0.3) is 0 Å². The number of hydrogen-bond acceptors (Lipinski definition) is 6. The molecule has 0 amide bonds. The lowest BCUT2D eigenvalue weighted by Gasteiger charge is -2.32. The number of nitrogens with one attached hydrogen (secondary N) is 1. The summed E-state index contributed by atoms with van der Waals surface area (Å²) in [5.41, 5.74) is 1.09. The zero-order valence-electron chi connectivity index (χ0n) is 12.5. The second kappa shape index (κ2) is 7.29. The third kappa shape index (κ3) is 3.78. The van der Waals surface area contributed by atoms with Gasteiger partial charge in [-0.25, -0.2) is 15.0 Å². The third-order valence-electron chi connectivity index (χ3n) is 3.92. The van der Waals surface area contributed by atoms with Gasteiger partial charge in [-0.1, -0.05) is 6.07 Å². The molecule has 2 N–H and O–H groups in total. The summed E-state index contributed by atoms with van der Waals surface area (Å²) in [6, 6.07) is 7.80. The van der Waals surface area contributed by atoms with Gasteiger partial charge in [0.1, 0.15) is 5.82 Å². The van der Waals surface area contributed by atoms with Gasteiger partial charge in [-0.05, 0) is 37.6 Å². The molecular weight excluding hydrogens is 278 g/mol. The van der Waals surface area contributed by atoms with E-state index in [1.165, 1.54) is 0 Å². The molecule has 0 aliphatic carbocycles.